The zero-order valence-corrected chi connectivity index (χ0v) is 16.9. The van der Waals surface area contributed by atoms with Crippen molar-refractivity contribution in [1.82, 2.24) is 5.16 Å². The lowest BCUT2D eigenvalue weighted by atomic mass is 10.1. The van der Waals surface area contributed by atoms with E-state index in [9.17, 15) is 4.79 Å². The molecule has 1 aromatic carbocycles. The molecule has 7 heteroatoms. The molecule has 2 N–H and O–H groups in total. The summed E-state index contributed by atoms with van der Waals surface area (Å²) in [7, 11) is 0. The van der Waals surface area contributed by atoms with Crippen LogP contribution in [0.4, 0.5) is 5.88 Å². The van der Waals surface area contributed by atoms with Gasteiger partial charge in [-0.05, 0) is 30.5 Å². The first-order chi connectivity index (χ1) is 14.2. The molecule has 4 aromatic rings. The minimum absolute atomic E-state index is 0.130. The summed E-state index contributed by atoms with van der Waals surface area (Å²) in [4.78, 5) is 14.9. The molecule has 3 aromatic heterocycles. The van der Waals surface area contributed by atoms with E-state index in [2.05, 4.69) is 16.5 Å². The van der Waals surface area contributed by atoms with E-state index in [0.717, 1.165) is 22.8 Å². The summed E-state index contributed by atoms with van der Waals surface area (Å²) < 4.78 is 10.8. The Morgan fingerprint density at radius 3 is 2.72 bits per heavy atom. The van der Waals surface area contributed by atoms with Crippen LogP contribution in [-0.4, -0.2) is 17.6 Å². The van der Waals surface area contributed by atoms with Crippen LogP contribution in [0.1, 0.15) is 16.2 Å². The second kappa shape index (κ2) is 8.89. The van der Waals surface area contributed by atoms with Crippen LogP contribution in [0.2, 0.25) is 0 Å². The summed E-state index contributed by atoms with van der Waals surface area (Å²) in [6.07, 6.45) is 1.65. The third-order valence-electron chi connectivity index (χ3n) is 4.54. The fourth-order valence-corrected chi connectivity index (χ4v) is 3.89. The van der Waals surface area contributed by atoms with Gasteiger partial charge in [-0.2, -0.15) is 0 Å². The Morgan fingerprint density at radius 2 is 2.00 bits per heavy atom. The molecule has 0 aliphatic heterocycles. The lowest BCUT2D eigenvalue weighted by molar-refractivity contribution is -0.920. The molecular weight excluding hydrogens is 386 g/mol. The normalized spacial score (nSPS) is 12.0. The summed E-state index contributed by atoms with van der Waals surface area (Å²) in [6, 6.07) is 17.6. The van der Waals surface area contributed by atoms with Gasteiger partial charge in [0.05, 0.1) is 11.1 Å². The van der Waals surface area contributed by atoms with Gasteiger partial charge < -0.3 is 13.8 Å². The van der Waals surface area contributed by atoms with Crippen LogP contribution in [0.15, 0.2) is 75.2 Å². The molecule has 6 nitrogen and oxygen atoms in total. The summed E-state index contributed by atoms with van der Waals surface area (Å²) >= 11 is 1.69. The minimum atomic E-state index is -0.130. The largest absolute Gasteiger partial charge is 0.463 e. The van der Waals surface area contributed by atoms with Crippen LogP contribution in [-0.2, 0) is 17.9 Å². The second-order valence-corrected chi connectivity index (χ2v) is 7.96. The Kier molecular flexibility index (Phi) is 5.88. The maximum Gasteiger partial charge on any atom is 0.281 e. The number of amides is 1. The zero-order valence-electron chi connectivity index (χ0n) is 16.1. The molecule has 0 aliphatic rings. The fourth-order valence-electron chi connectivity index (χ4n) is 3.11. The van der Waals surface area contributed by atoms with E-state index in [1.807, 2.05) is 54.8 Å². The molecule has 0 bridgehead atoms. The van der Waals surface area contributed by atoms with Gasteiger partial charge in [0, 0.05) is 11.6 Å². The molecule has 1 amide bonds. The molecule has 1 atom stereocenters. The summed E-state index contributed by atoms with van der Waals surface area (Å²) in [6.45, 7) is 3.70. The fraction of sp³-hybridized carbons (Fsp3) is 0.182. The van der Waals surface area contributed by atoms with Crippen LogP contribution in [0, 0.1) is 6.92 Å². The molecule has 1 unspecified atom stereocenters. The lowest BCUT2D eigenvalue weighted by Crippen LogP contribution is -3.10. The number of hydrogen-bond acceptors (Lipinski definition) is 5. The van der Waals surface area contributed by atoms with Gasteiger partial charge in [-0.3, -0.25) is 10.1 Å². The van der Waals surface area contributed by atoms with E-state index in [0.29, 0.717) is 24.7 Å². The van der Waals surface area contributed by atoms with Crippen molar-refractivity contribution in [2.75, 3.05) is 11.9 Å². The van der Waals surface area contributed by atoms with Gasteiger partial charge in [0.1, 0.15) is 18.8 Å². The highest BCUT2D eigenvalue weighted by molar-refractivity contribution is 7.09. The maximum atomic E-state index is 12.6. The number of thiophene rings is 1. The number of aryl methyl sites for hydroxylation is 1. The Morgan fingerprint density at radius 1 is 1.14 bits per heavy atom. The first kappa shape index (κ1) is 19.2. The smallest absolute Gasteiger partial charge is 0.281 e. The average molecular weight is 409 g/mol. The number of anilines is 1. The number of aromatic nitrogens is 1. The van der Waals surface area contributed by atoms with Crippen LogP contribution < -0.4 is 10.2 Å². The van der Waals surface area contributed by atoms with Crippen molar-refractivity contribution in [2.24, 2.45) is 0 Å². The number of carbonyl (C=O) groups excluding carboxylic acids is 1. The molecule has 148 valence electrons. The predicted octanol–water partition coefficient (Wildman–Crippen LogP) is 3.53. The van der Waals surface area contributed by atoms with Gasteiger partial charge in [-0.1, -0.05) is 41.1 Å². The first-order valence-corrected chi connectivity index (χ1v) is 10.3. The Balaban J connectivity index is 1.40. The van der Waals surface area contributed by atoms with Crippen molar-refractivity contribution < 1.29 is 18.6 Å². The molecule has 0 aliphatic carbocycles. The van der Waals surface area contributed by atoms with Crippen LogP contribution in [0.5, 0.6) is 0 Å². The van der Waals surface area contributed by atoms with E-state index < -0.39 is 0 Å². The van der Waals surface area contributed by atoms with Crippen LogP contribution >= 0.6 is 11.3 Å². The van der Waals surface area contributed by atoms with Crippen molar-refractivity contribution >= 4 is 23.1 Å². The molecule has 3 heterocycles. The molecule has 29 heavy (non-hydrogen) atoms. The predicted molar refractivity (Wildman–Crippen MR) is 112 cm³/mol. The zero-order chi connectivity index (χ0) is 20.1. The summed E-state index contributed by atoms with van der Waals surface area (Å²) in [5.41, 5.74) is 2.82. The summed E-state index contributed by atoms with van der Waals surface area (Å²) in [5, 5.41) is 8.92. The van der Waals surface area contributed by atoms with Gasteiger partial charge >= 0.3 is 0 Å². The van der Waals surface area contributed by atoms with Crippen molar-refractivity contribution in [3.05, 3.63) is 82.4 Å². The topological polar surface area (TPSA) is 72.7 Å². The third-order valence-corrected chi connectivity index (χ3v) is 5.42. The first-order valence-electron chi connectivity index (χ1n) is 9.37. The summed E-state index contributed by atoms with van der Waals surface area (Å²) in [5.74, 6) is 1.07. The standard InChI is InChI=1S/C22H21N3O3S/c1-16-6-8-17(9-7-16)20-12-22(28-24-20)23-21(26)15-25(13-18-4-2-10-27-18)14-19-5-3-11-29-19/h2-12H,13-15H2,1H3,(H,23,26)/p+1. The molecule has 4 rings (SSSR count). The van der Waals surface area contributed by atoms with Crippen LogP contribution in [0.3, 0.4) is 0 Å². The minimum Gasteiger partial charge on any atom is -0.463 e. The van der Waals surface area contributed by atoms with Crippen molar-refractivity contribution in [1.29, 1.82) is 0 Å². The Labute approximate surface area is 172 Å². The van der Waals surface area contributed by atoms with E-state index in [1.165, 1.54) is 10.4 Å². The number of rotatable bonds is 8. The number of furan rings is 1. The highest BCUT2D eigenvalue weighted by atomic mass is 32.1. The van der Waals surface area contributed by atoms with E-state index >= 15 is 0 Å². The maximum absolute atomic E-state index is 12.6. The van der Waals surface area contributed by atoms with Crippen molar-refractivity contribution in [3.63, 3.8) is 0 Å². The molecule has 0 radical (unpaired) electrons. The van der Waals surface area contributed by atoms with Gasteiger partial charge in [-0.25, -0.2) is 0 Å². The Hall–Kier alpha value is -3.16. The monoisotopic (exact) mass is 408 g/mol. The molecular formula is C22H22N3O3S+. The quantitative estimate of drug-likeness (QED) is 0.468. The SMILES string of the molecule is Cc1ccc(-c2cc(NC(=O)C[NH+](Cc3ccco3)Cc3cccs3)on2)cc1. The number of benzene rings is 1. The molecule has 0 saturated heterocycles. The molecule has 0 fully saturated rings. The van der Waals surface area contributed by atoms with E-state index in [4.69, 9.17) is 8.94 Å². The van der Waals surface area contributed by atoms with Crippen molar-refractivity contribution in [3.8, 4) is 11.3 Å². The number of hydrogen-bond donors (Lipinski definition) is 2. The second-order valence-electron chi connectivity index (χ2n) is 6.93. The molecule has 0 saturated carbocycles. The third kappa shape index (κ3) is 5.22. The number of quaternary nitrogens is 1. The lowest BCUT2D eigenvalue weighted by Gasteiger charge is -2.16. The van der Waals surface area contributed by atoms with E-state index in [-0.39, 0.29) is 5.91 Å². The van der Waals surface area contributed by atoms with Gasteiger partial charge in [-0.15, -0.1) is 11.3 Å². The van der Waals surface area contributed by atoms with E-state index in [1.54, 1.807) is 23.7 Å². The van der Waals surface area contributed by atoms with Gasteiger partial charge in [0.25, 0.3) is 5.91 Å². The number of nitrogens with zero attached hydrogens (tertiary/aromatic N) is 1. The van der Waals surface area contributed by atoms with Crippen LogP contribution in [0.25, 0.3) is 11.3 Å². The number of carbonyl (C=O) groups is 1. The van der Waals surface area contributed by atoms with Gasteiger partial charge in [0.2, 0.25) is 5.88 Å². The highest BCUT2D eigenvalue weighted by Gasteiger charge is 2.19. The molecule has 0 spiro atoms. The highest BCUT2D eigenvalue weighted by Crippen LogP contribution is 2.21. The average Bonchev–Trinajstić information content (AvgIpc) is 3.45. The van der Waals surface area contributed by atoms with Crippen molar-refractivity contribution in [2.45, 2.75) is 20.0 Å². The Bertz CT molecular complexity index is 1000. The number of nitrogens with one attached hydrogen (secondary N) is 2. The van der Waals surface area contributed by atoms with Gasteiger partial charge in [0.15, 0.2) is 12.3 Å².